The lowest BCUT2D eigenvalue weighted by Gasteiger charge is -2.58. The average Bonchev–Trinajstić information content (AvgIpc) is 1.99. The van der Waals surface area contributed by atoms with Gasteiger partial charge in [-0.3, -0.25) is 4.79 Å². The highest BCUT2D eigenvalue weighted by Crippen LogP contribution is 2.42. The molecule has 14 heavy (non-hydrogen) atoms. The maximum Gasteiger partial charge on any atom is 0.230 e. The Hall–Kier alpha value is -0.570. The molecule has 0 saturated carbocycles. The first-order chi connectivity index (χ1) is 6.45. The highest BCUT2D eigenvalue weighted by atomic mass is 16.5. The summed E-state index contributed by atoms with van der Waals surface area (Å²) >= 11 is 0. The zero-order chi connectivity index (χ0) is 10.5. The van der Waals surface area contributed by atoms with E-state index in [9.17, 15) is 4.79 Å². The summed E-state index contributed by atoms with van der Waals surface area (Å²) in [6, 6.07) is 0.422. The van der Waals surface area contributed by atoms with Crippen LogP contribution in [0.3, 0.4) is 0 Å². The van der Waals surface area contributed by atoms with E-state index < -0.39 is 0 Å². The van der Waals surface area contributed by atoms with Gasteiger partial charge in [-0.25, -0.2) is 0 Å². The van der Waals surface area contributed by atoms with Gasteiger partial charge >= 0.3 is 0 Å². The Balaban J connectivity index is 2.17. The van der Waals surface area contributed by atoms with Crippen LogP contribution in [0.4, 0.5) is 0 Å². The number of hydrogen-bond donors (Lipinski definition) is 0. The molecule has 3 heteroatoms. The molecule has 3 nitrogen and oxygen atoms in total. The van der Waals surface area contributed by atoms with E-state index in [1.165, 1.54) is 0 Å². The van der Waals surface area contributed by atoms with Gasteiger partial charge in [-0.2, -0.15) is 0 Å². The van der Waals surface area contributed by atoms with Crippen LogP contribution in [0.5, 0.6) is 0 Å². The molecule has 0 aromatic heterocycles. The Kier molecular flexibility index (Phi) is 2.11. The summed E-state index contributed by atoms with van der Waals surface area (Å²) in [4.78, 5) is 13.8. The SMILES string of the molecule is CC(C)[C@@H]1C(=O)N2C1CCOC2(C)C. The van der Waals surface area contributed by atoms with Gasteiger partial charge in [-0.1, -0.05) is 13.8 Å². The van der Waals surface area contributed by atoms with Gasteiger partial charge in [0, 0.05) is 6.04 Å². The number of fused-ring (bicyclic) bond motifs is 1. The summed E-state index contributed by atoms with van der Waals surface area (Å²) < 4.78 is 5.60. The highest BCUT2D eigenvalue weighted by Gasteiger charge is 2.56. The van der Waals surface area contributed by atoms with Crippen molar-refractivity contribution in [1.29, 1.82) is 0 Å². The van der Waals surface area contributed by atoms with Gasteiger partial charge in [-0.15, -0.1) is 0 Å². The van der Waals surface area contributed by atoms with Crippen LogP contribution in [-0.2, 0) is 9.53 Å². The van der Waals surface area contributed by atoms with Crippen molar-refractivity contribution >= 4 is 5.91 Å². The maximum absolute atomic E-state index is 11.9. The summed E-state index contributed by atoms with van der Waals surface area (Å²) in [6.45, 7) is 9.00. The number of hydrogen-bond acceptors (Lipinski definition) is 2. The fourth-order valence-corrected chi connectivity index (χ4v) is 2.77. The molecule has 2 aliphatic rings. The molecule has 2 rings (SSSR count). The van der Waals surface area contributed by atoms with Gasteiger partial charge in [0.15, 0.2) is 0 Å². The maximum atomic E-state index is 11.9. The van der Waals surface area contributed by atoms with Crippen molar-refractivity contribution in [2.24, 2.45) is 11.8 Å². The third-order valence-electron chi connectivity index (χ3n) is 3.44. The minimum Gasteiger partial charge on any atom is -0.356 e. The quantitative estimate of drug-likeness (QED) is 0.598. The summed E-state index contributed by atoms with van der Waals surface area (Å²) in [7, 11) is 0. The predicted molar refractivity (Wildman–Crippen MR) is 53.6 cm³/mol. The Bertz CT molecular complexity index is 260. The van der Waals surface area contributed by atoms with Gasteiger partial charge in [0.05, 0.1) is 12.5 Å². The largest absolute Gasteiger partial charge is 0.356 e. The second-order valence-electron chi connectivity index (χ2n) is 5.13. The van der Waals surface area contributed by atoms with Gasteiger partial charge in [0.2, 0.25) is 5.91 Å². The van der Waals surface area contributed by atoms with Crippen LogP contribution in [0.2, 0.25) is 0 Å². The van der Waals surface area contributed by atoms with Crippen LogP contribution >= 0.6 is 0 Å². The van der Waals surface area contributed by atoms with Gasteiger partial charge in [0.1, 0.15) is 5.72 Å². The topological polar surface area (TPSA) is 29.5 Å². The molecule has 80 valence electrons. The van der Waals surface area contributed by atoms with Gasteiger partial charge in [-0.05, 0) is 26.2 Å². The summed E-state index contributed by atoms with van der Waals surface area (Å²) in [5, 5.41) is 0. The number of rotatable bonds is 1. The fourth-order valence-electron chi connectivity index (χ4n) is 2.77. The van der Waals surface area contributed by atoms with Crippen LogP contribution in [-0.4, -0.2) is 29.2 Å². The number of nitrogens with zero attached hydrogens (tertiary/aromatic N) is 1. The van der Waals surface area contributed by atoms with E-state index >= 15 is 0 Å². The van der Waals surface area contributed by atoms with Gasteiger partial charge in [0.25, 0.3) is 0 Å². The first kappa shape index (κ1) is 9.97. The molecule has 0 radical (unpaired) electrons. The second kappa shape index (κ2) is 2.96. The van der Waals surface area contributed by atoms with Crippen LogP contribution in [0.15, 0.2) is 0 Å². The molecule has 2 fully saturated rings. The molecule has 0 bridgehead atoms. The lowest BCUT2D eigenvalue weighted by atomic mass is 9.75. The number of β-lactam (4-membered cyclic amide) rings is 1. The van der Waals surface area contributed by atoms with E-state index in [0.29, 0.717) is 12.0 Å². The summed E-state index contributed by atoms with van der Waals surface area (Å²) in [5.41, 5.74) is -0.384. The third-order valence-corrected chi connectivity index (χ3v) is 3.44. The van der Waals surface area contributed by atoms with Crippen molar-refractivity contribution in [3.8, 4) is 0 Å². The van der Waals surface area contributed by atoms with Gasteiger partial charge < -0.3 is 9.64 Å². The third kappa shape index (κ3) is 1.18. The van der Waals surface area contributed by atoms with Crippen molar-refractivity contribution in [2.45, 2.75) is 45.9 Å². The van der Waals surface area contributed by atoms with Crippen LogP contribution in [0, 0.1) is 11.8 Å². The monoisotopic (exact) mass is 197 g/mol. The van der Waals surface area contributed by atoms with E-state index in [0.717, 1.165) is 13.0 Å². The number of carbonyl (C=O) groups excluding carboxylic acids is 1. The molecule has 0 aliphatic carbocycles. The Morgan fingerprint density at radius 1 is 1.50 bits per heavy atom. The first-order valence-corrected chi connectivity index (χ1v) is 5.42. The molecule has 2 saturated heterocycles. The highest BCUT2D eigenvalue weighted by molar-refractivity contribution is 5.87. The summed E-state index contributed by atoms with van der Waals surface area (Å²) in [5.74, 6) is 0.963. The average molecular weight is 197 g/mol. The molecule has 2 atom stereocenters. The first-order valence-electron chi connectivity index (χ1n) is 5.42. The summed E-state index contributed by atoms with van der Waals surface area (Å²) in [6.07, 6.45) is 0.998. The van der Waals surface area contributed by atoms with E-state index in [-0.39, 0.29) is 17.6 Å². The zero-order valence-electron chi connectivity index (χ0n) is 9.41. The molecule has 0 spiro atoms. The fraction of sp³-hybridized carbons (Fsp3) is 0.909. The molecular formula is C11H19NO2. The van der Waals surface area contributed by atoms with E-state index in [1.54, 1.807) is 0 Å². The van der Waals surface area contributed by atoms with Crippen molar-refractivity contribution < 1.29 is 9.53 Å². The minimum atomic E-state index is -0.384. The normalized spacial score (nSPS) is 35.5. The molecule has 0 aromatic carbocycles. The molecule has 0 N–H and O–H groups in total. The Labute approximate surface area is 85.4 Å². The molecule has 2 heterocycles. The lowest BCUT2D eigenvalue weighted by molar-refractivity contribution is -0.236. The molecule has 1 unspecified atom stereocenters. The van der Waals surface area contributed by atoms with Crippen molar-refractivity contribution in [1.82, 2.24) is 4.90 Å². The van der Waals surface area contributed by atoms with Crippen LogP contribution in [0.25, 0.3) is 0 Å². The minimum absolute atomic E-state index is 0.234. The molecule has 2 aliphatic heterocycles. The standard InChI is InChI=1S/C11H19NO2/c1-7(2)9-8-5-6-14-11(3,4)12(8)10(9)13/h7-9H,5-6H2,1-4H3/t8?,9-/m0/s1. The number of ether oxygens (including phenoxy) is 1. The van der Waals surface area contributed by atoms with Crippen LogP contribution in [0.1, 0.15) is 34.1 Å². The van der Waals surface area contributed by atoms with Crippen molar-refractivity contribution in [2.75, 3.05) is 6.61 Å². The molecule has 0 aromatic rings. The molecule has 1 amide bonds. The van der Waals surface area contributed by atoms with Crippen molar-refractivity contribution in [3.63, 3.8) is 0 Å². The number of amides is 1. The second-order valence-corrected chi connectivity index (χ2v) is 5.13. The smallest absolute Gasteiger partial charge is 0.230 e. The van der Waals surface area contributed by atoms with E-state index in [1.807, 2.05) is 18.7 Å². The Morgan fingerprint density at radius 3 is 2.71 bits per heavy atom. The van der Waals surface area contributed by atoms with Crippen molar-refractivity contribution in [3.05, 3.63) is 0 Å². The van der Waals surface area contributed by atoms with E-state index in [4.69, 9.17) is 4.74 Å². The van der Waals surface area contributed by atoms with E-state index in [2.05, 4.69) is 13.8 Å². The lowest BCUT2D eigenvalue weighted by Crippen LogP contribution is -2.72. The zero-order valence-corrected chi connectivity index (χ0v) is 9.41. The molecular weight excluding hydrogens is 178 g/mol. The predicted octanol–water partition coefficient (Wildman–Crippen LogP) is 1.63. The number of carbonyl (C=O) groups is 1. The van der Waals surface area contributed by atoms with Crippen LogP contribution < -0.4 is 0 Å². The Morgan fingerprint density at radius 2 is 2.14 bits per heavy atom.